The number of benzene rings is 3. The van der Waals surface area contributed by atoms with Crippen molar-refractivity contribution in [3.05, 3.63) is 88.9 Å². The second-order valence-electron chi connectivity index (χ2n) is 8.63. The third-order valence-electron chi connectivity index (χ3n) is 6.25. The van der Waals surface area contributed by atoms with Gasteiger partial charge >= 0.3 is 0 Å². The summed E-state index contributed by atoms with van der Waals surface area (Å²) in [6.45, 7) is 3.27. The van der Waals surface area contributed by atoms with Crippen LogP contribution in [-0.4, -0.2) is 51.9 Å². The zero-order chi connectivity index (χ0) is 27.9. The third kappa shape index (κ3) is 6.46. The van der Waals surface area contributed by atoms with Crippen LogP contribution in [0.2, 0.25) is 5.02 Å². The zero-order valence-corrected chi connectivity index (χ0v) is 23.4. The fourth-order valence-corrected chi connectivity index (χ4v) is 5.75. The first-order valence-electron chi connectivity index (χ1n) is 12.1. The summed E-state index contributed by atoms with van der Waals surface area (Å²) >= 11 is 6.25. The molecule has 3 aromatic carbocycles. The molecule has 0 aliphatic carbocycles. The molecule has 10 heteroatoms. The number of anilines is 1. The maximum Gasteiger partial charge on any atom is 0.264 e. The highest BCUT2D eigenvalue weighted by Crippen LogP contribution is 2.35. The van der Waals surface area contributed by atoms with Gasteiger partial charge in [-0.05, 0) is 54.8 Å². The molecule has 0 radical (unpaired) electrons. The van der Waals surface area contributed by atoms with E-state index in [1.807, 2.05) is 31.2 Å². The fraction of sp³-hybridized carbons (Fsp3) is 0.286. The number of hydrogen-bond donors (Lipinski definition) is 1. The Hall–Kier alpha value is -3.56. The van der Waals surface area contributed by atoms with E-state index in [2.05, 4.69) is 5.32 Å². The van der Waals surface area contributed by atoms with Crippen molar-refractivity contribution >= 4 is 39.1 Å². The molecule has 0 saturated carbocycles. The molecule has 0 saturated heterocycles. The van der Waals surface area contributed by atoms with Gasteiger partial charge in [0, 0.05) is 18.6 Å². The highest BCUT2D eigenvalue weighted by Gasteiger charge is 2.34. The van der Waals surface area contributed by atoms with E-state index in [0.29, 0.717) is 6.42 Å². The normalized spacial score (nSPS) is 11.9. The largest absolute Gasteiger partial charge is 0.495 e. The fourth-order valence-electron chi connectivity index (χ4n) is 4.15. The lowest BCUT2D eigenvalue weighted by Crippen LogP contribution is -2.51. The molecule has 0 aromatic heterocycles. The Kier molecular flexibility index (Phi) is 9.77. The third-order valence-corrected chi connectivity index (χ3v) is 8.26. The number of rotatable bonds is 11. The van der Waals surface area contributed by atoms with Gasteiger partial charge in [-0.1, -0.05) is 61.0 Å². The van der Waals surface area contributed by atoms with Crippen LogP contribution in [-0.2, 0) is 26.2 Å². The van der Waals surface area contributed by atoms with Gasteiger partial charge in [0.25, 0.3) is 10.0 Å². The summed E-state index contributed by atoms with van der Waals surface area (Å²) in [4.78, 5) is 28.2. The van der Waals surface area contributed by atoms with E-state index in [1.54, 1.807) is 37.3 Å². The van der Waals surface area contributed by atoms with Crippen LogP contribution in [0.4, 0.5) is 5.69 Å². The van der Waals surface area contributed by atoms with Crippen LogP contribution in [0.1, 0.15) is 24.5 Å². The van der Waals surface area contributed by atoms with Crippen LogP contribution >= 0.6 is 11.6 Å². The first-order chi connectivity index (χ1) is 18.1. The predicted molar refractivity (Wildman–Crippen MR) is 149 cm³/mol. The van der Waals surface area contributed by atoms with Gasteiger partial charge in [0.15, 0.2) is 0 Å². The zero-order valence-electron chi connectivity index (χ0n) is 21.8. The predicted octanol–water partition coefficient (Wildman–Crippen LogP) is 4.41. The van der Waals surface area contributed by atoms with E-state index in [9.17, 15) is 18.0 Å². The Morgan fingerprint density at radius 1 is 1.03 bits per heavy atom. The van der Waals surface area contributed by atoms with Crippen molar-refractivity contribution < 1.29 is 22.7 Å². The maximum atomic E-state index is 14.0. The number of halogens is 1. The average Bonchev–Trinajstić information content (AvgIpc) is 2.92. The van der Waals surface area contributed by atoms with Crippen molar-refractivity contribution in [3.8, 4) is 5.75 Å². The van der Waals surface area contributed by atoms with Crippen LogP contribution in [0, 0.1) is 6.92 Å². The number of methoxy groups -OCH3 is 1. The molecular weight excluding hydrogens is 526 g/mol. The van der Waals surface area contributed by atoms with Crippen LogP contribution in [0.25, 0.3) is 0 Å². The Labute approximate surface area is 229 Å². The number of nitrogens with zero attached hydrogens (tertiary/aromatic N) is 2. The second-order valence-corrected chi connectivity index (χ2v) is 10.9. The molecular formula is C28H32ClN3O5S. The molecule has 1 atom stereocenters. The standard InChI is InChI=1S/C28H32ClN3O5S/c1-5-24(28(34)30-3)31(18-21-12-10-9-11-20(21)2)27(33)19-32(25-17-22(29)15-16-26(25)37-4)38(35,36)23-13-7-6-8-14-23/h6-17,24H,5,18-19H2,1-4H3,(H,30,34)/t24-/m0/s1. The molecule has 3 aromatic rings. The number of likely N-dealkylation sites (N-methyl/N-ethyl adjacent to an activating group) is 1. The first-order valence-corrected chi connectivity index (χ1v) is 13.9. The van der Waals surface area contributed by atoms with Gasteiger partial charge in [0.1, 0.15) is 18.3 Å². The number of hydrogen-bond acceptors (Lipinski definition) is 5. The Morgan fingerprint density at radius 2 is 1.68 bits per heavy atom. The van der Waals surface area contributed by atoms with Crippen molar-refractivity contribution in [3.63, 3.8) is 0 Å². The van der Waals surface area contributed by atoms with Crippen LogP contribution in [0.3, 0.4) is 0 Å². The Morgan fingerprint density at radius 3 is 2.29 bits per heavy atom. The van der Waals surface area contributed by atoms with Crippen molar-refractivity contribution in [2.24, 2.45) is 0 Å². The Bertz CT molecular complexity index is 1380. The van der Waals surface area contributed by atoms with Crippen molar-refractivity contribution in [2.45, 2.75) is 37.8 Å². The summed E-state index contributed by atoms with van der Waals surface area (Å²) in [6.07, 6.45) is 0.337. The van der Waals surface area contributed by atoms with Crippen molar-refractivity contribution in [2.75, 3.05) is 25.0 Å². The molecule has 202 valence electrons. The molecule has 0 spiro atoms. The second kappa shape index (κ2) is 12.8. The minimum Gasteiger partial charge on any atom is -0.495 e. The molecule has 8 nitrogen and oxygen atoms in total. The maximum absolute atomic E-state index is 14.0. The molecule has 1 N–H and O–H groups in total. The Balaban J connectivity index is 2.13. The summed E-state index contributed by atoms with van der Waals surface area (Å²) in [5.74, 6) is -0.664. The van der Waals surface area contributed by atoms with Gasteiger partial charge in [-0.25, -0.2) is 8.42 Å². The number of nitrogens with one attached hydrogen (secondary N) is 1. The molecule has 0 aliphatic rings. The van der Waals surface area contributed by atoms with Crippen molar-refractivity contribution in [1.82, 2.24) is 10.2 Å². The van der Waals surface area contributed by atoms with Gasteiger partial charge in [-0.15, -0.1) is 0 Å². The highest BCUT2D eigenvalue weighted by molar-refractivity contribution is 7.92. The van der Waals surface area contributed by atoms with E-state index in [-0.39, 0.29) is 33.8 Å². The SMILES string of the molecule is CC[C@@H](C(=O)NC)N(Cc1ccccc1C)C(=O)CN(c1cc(Cl)ccc1OC)S(=O)(=O)c1ccccc1. The molecule has 38 heavy (non-hydrogen) atoms. The lowest BCUT2D eigenvalue weighted by atomic mass is 10.1. The first kappa shape index (κ1) is 29.0. The lowest BCUT2D eigenvalue weighted by Gasteiger charge is -2.33. The minimum absolute atomic E-state index is 0.00127. The van der Waals surface area contributed by atoms with Gasteiger partial charge < -0.3 is 15.0 Å². The van der Waals surface area contributed by atoms with Gasteiger partial charge in [-0.3, -0.25) is 13.9 Å². The quantitative estimate of drug-likeness (QED) is 0.377. The smallest absolute Gasteiger partial charge is 0.264 e. The molecule has 0 aliphatic heterocycles. The molecule has 0 fully saturated rings. The van der Waals surface area contributed by atoms with Crippen LogP contribution in [0.15, 0.2) is 77.7 Å². The number of sulfonamides is 1. The van der Waals surface area contributed by atoms with Gasteiger partial charge in [-0.2, -0.15) is 0 Å². The molecule has 0 bridgehead atoms. The summed E-state index contributed by atoms with van der Waals surface area (Å²) in [5, 5.41) is 2.89. The van der Waals surface area contributed by atoms with E-state index < -0.39 is 28.5 Å². The lowest BCUT2D eigenvalue weighted by molar-refractivity contribution is -0.140. The van der Waals surface area contributed by atoms with Crippen LogP contribution in [0.5, 0.6) is 5.75 Å². The highest BCUT2D eigenvalue weighted by atomic mass is 35.5. The minimum atomic E-state index is -4.22. The molecule has 3 rings (SSSR count). The van der Waals surface area contributed by atoms with Gasteiger partial charge in [0.05, 0.1) is 17.7 Å². The molecule has 2 amide bonds. The summed E-state index contributed by atoms with van der Waals surface area (Å²) in [5.41, 5.74) is 1.91. The van der Waals surface area contributed by atoms with E-state index in [4.69, 9.17) is 16.3 Å². The monoisotopic (exact) mass is 557 g/mol. The summed E-state index contributed by atoms with van der Waals surface area (Å²) in [6, 6.07) is 19.1. The van der Waals surface area contributed by atoms with E-state index >= 15 is 0 Å². The van der Waals surface area contributed by atoms with Gasteiger partial charge in [0.2, 0.25) is 11.8 Å². The topological polar surface area (TPSA) is 96.0 Å². The molecule has 0 unspecified atom stereocenters. The number of aryl methyl sites for hydroxylation is 1. The van der Waals surface area contributed by atoms with E-state index in [0.717, 1.165) is 15.4 Å². The number of carbonyl (C=O) groups excluding carboxylic acids is 2. The number of ether oxygens (including phenoxy) is 1. The summed E-state index contributed by atoms with van der Waals surface area (Å²) in [7, 11) is -1.31. The van der Waals surface area contributed by atoms with Crippen molar-refractivity contribution in [1.29, 1.82) is 0 Å². The summed E-state index contributed by atoms with van der Waals surface area (Å²) < 4.78 is 34.2. The number of carbonyl (C=O) groups is 2. The number of amides is 2. The molecule has 0 heterocycles. The average molecular weight is 558 g/mol. The van der Waals surface area contributed by atoms with Crippen LogP contribution < -0.4 is 14.4 Å². The van der Waals surface area contributed by atoms with E-state index in [1.165, 1.54) is 37.3 Å².